The Morgan fingerprint density at radius 1 is 1.02 bits per heavy atom. The Balaban J connectivity index is 1.07. The van der Waals surface area contributed by atoms with E-state index >= 15 is 0 Å². The van der Waals surface area contributed by atoms with Crippen molar-refractivity contribution in [3.63, 3.8) is 0 Å². The van der Waals surface area contributed by atoms with Crippen molar-refractivity contribution in [3.05, 3.63) is 87.5 Å². The topological polar surface area (TPSA) is 217 Å². The number of anilines is 1. The van der Waals surface area contributed by atoms with Crippen LogP contribution in [-0.2, 0) is 41.5 Å². The molecule has 1 unspecified atom stereocenters. The van der Waals surface area contributed by atoms with Crippen molar-refractivity contribution < 1.29 is 67.7 Å². The summed E-state index contributed by atoms with van der Waals surface area (Å²) in [5, 5.41) is 35.9. The number of phenolic OH excluding ortho intramolecular Hbond substituents is 1. The molecule has 0 bridgehead atoms. The Labute approximate surface area is 333 Å². The van der Waals surface area contributed by atoms with Gasteiger partial charge in [-0.15, -0.1) is 0 Å². The number of amides is 2. The van der Waals surface area contributed by atoms with Crippen LogP contribution in [-0.4, -0.2) is 107 Å². The van der Waals surface area contributed by atoms with E-state index in [1.54, 1.807) is 37.3 Å². The minimum Gasteiger partial charge on any atom is -0.507 e. The van der Waals surface area contributed by atoms with Gasteiger partial charge in [0.05, 0.1) is 43.1 Å². The number of methoxy groups -OCH3 is 1. The Morgan fingerprint density at radius 3 is 2.52 bits per heavy atom. The van der Waals surface area contributed by atoms with E-state index in [-0.39, 0.29) is 65.3 Å². The third-order valence-corrected chi connectivity index (χ3v) is 11.1. The van der Waals surface area contributed by atoms with Crippen molar-refractivity contribution in [1.82, 2.24) is 4.90 Å². The Kier molecular flexibility index (Phi) is 11.8. The highest BCUT2D eigenvalue weighted by Gasteiger charge is 2.51. The second-order valence-electron chi connectivity index (χ2n) is 14.9. The maximum Gasteiger partial charge on any atom is 0.412 e. The molecule has 0 radical (unpaired) electrons. The number of unbranched alkanes of at least 4 members (excludes halogenated alkanes) is 2. The Hall–Kier alpha value is -5.39. The molecule has 3 aromatic rings. The summed E-state index contributed by atoms with van der Waals surface area (Å²) in [5.41, 5.74) is -1.04. The molecule has 2 aliphatic heterocycles. The molecule has 2 aliphatic carbocycles. The summed E-state index contributed by atoms with van der Waals surface area (Å²) < 4.78 is 34.7. The number of hydrogen-bond acceptors (Lipinski definition) is 14. The molecule has 4 aliphatic rings. The predicted octanol–water partition coefficient (Wildman–Crippen LogP) is 4.71. The molecule has 16 nitrogen and oxygen atoms in total. The van der Waals surface area contributed by atoms with Crippen molar-refractivity contribution in [2.45, 2.75) is 95.2 Å². The fourth-order valence-corrected chi connectivity index (χ4v) is 8.19. The average Bonchev–Trinajstić information content (AvgIpc) is 3.65. The van der Waals surface area contributed by atoms with Crippen LogP contribution in [0.15, 0.2) is 48.5 Å². The fraction of sp³-hybridized carbons (Fsp3) is 0.452. The van der Waals surface area contributed by atoms with E-state index in [1.165, 1.54) is 30.2 Å². The number of carbonyl (C=O) groups is 5. The number of aliphatic hydroxyl groups is 2. The molecule has 6 atom stereocenters. The summed E-state index contributed by atoms with van der Waals surface area (Å²) in [6.07, 6.45) is -2.69. The van der Waals surface area contributed by atoms with Crippen molar-refractivity contribution in [3.8, 4) is 11.5 Å². The van der Waals surface area contributed by atoms with E-state index in [9.17, 15) is 39.3 Å². The molecule has 2 saturated heterocycles. The van der Waals surface area contributed by atoms with Crippen molar-refractivity contribution in [1.29, 1.82) is 0 Å². The molecule has 3 aromatic carbocycles. The van der Waals surface area contributed by atoms with Gasteiger partial charge < -0.3 is 43.7 Å². The lowest BCUT2D eigenvalue weighted by Gasteiger charge is -2.42. The first-order chi connectivity index (χ1) is 27.9. The lowest BCUT2D eigenvalue weighted by atomic mass is 9.72. The van der Waals surface area contributed by atoms with Gasteiger partial charge in [0.1, 0.15) is 43.1 Å². The second kappa shape index (κ2) is 16.8. The number of ether oxygens (including phenoxy) is 6. The van der Waals surface area contributed by atoms with Gasteiger partial charge in [0.25, 0.3) is 0 Å². The summed E-state index contributed by atoms with van der Waals surface area (Å²) in [7, 11) is 1.36. The normalized spacial score (nSPS) is 24.6. The number of nitrogens with one attached hydrogen (secondary N) is 1. The molecule has 4 N–H and O–H groups in total. The van der Waals surface area contributed by atoms with Gasteiger partial charge in [-0.05, 0) is 48.7 Å². The minimum atomic E-state index is -2.16. The van der Waals surface area contributed by atoms with Crippen molar-refractivity contribution in [2.75, 3.05) is 32.4 Å². The molecule has 16 heteroatoms. The van der Waals surface area contributed by atoms with Crippen LogP contribution in [0.5, 0.6) is 11.5 Å². The number of phenols is 1. The zero-order valence-electron chi connectivity index (χ0n) is 32.4. The molecular formula is C42H46N2O14. The van der Waals surface area contributed by atoms with Crippen LogP contribution in [0.3, 0.4) is 0 Å². The van der Waals surface area contributed by atoms with E-state index in [0.29, 0.717) is 17.9 Å². The summed E-state index contributed by atoms with van der Waals surface area (Å²) >= 11 is 0. The van der Waals surface area contributed by atoms with Gasteiger partial charge in [-0.1, -0.05) is 44.0 Å². The van der Waals surface area contributed by atoms with Crippen molar-refractivity contribution in [2.24, 2.45) is 0 Å². The number of benzene rings is 3. The number of Topliss-reactive ketones (excluding diaryl/α,β-unsaturated/α-hetero) is 1. The number of aliphatic hydroxyl groups excluding tert-OH is 1. The molecule has 2 amide bonds. The number of nitrogens with zero attached hydrogens (tertiary/aromatic N) is 1. The lowest BCUT2D eigenvalue weighted by Crippen LogP contribution is -2.52. The van der Waals surface area contributed by atoms with Gasteiger partial charge in [0.2, 0.25) is 5.78 Å². The molecular weight excluding hydrogens is 756 g/mol. The highest BCUT2D eigenvalue weighted by Crippen LogP contribution is 2.49. The van der Waals surface area contributed by atoms with E-state index in [4.69, 9.17) is 28.4 Å². The van der Waals surface area contributed by atoms with Crippen molar-refractivity contribution >= 4 is 35.2 Å². The van der Waals surface area contributed by atoms with Crippen LogP contribution in [0.2, 0.25) is 0 Å². The Bertz CT molecular complexity index is 2100. The van der Waals surface area contributed by atoms with E-state index in [1.807, 2.05) is 0 Å². The minimum absolute atomic E-state index is 0.00852. The largest absolute Gasteiger partial charge is 0.507 e. The van der Waals surface area contributed by atoms with Crippen LogP contribution >= 0.6 is 0 Å². The molecule has 2 heterocycles. The van der Waals surface area contributed by atoms with Crippen LogP contribution in [0.4, 0.5) is 15.3 Å². The molecule has 0 aromatic heterocycles. The standard InChI is InChI=1S/C42H46N2O14/c1-4-5-6-14-54-40(50)43-25-12-10-23(11-13-25)20-55-41(51)44-21-56-39-22(2)57-32(16-28(39)44)58-30-18-42(52,31(46)19-45)17-24-15-27-35(37(48)33(24)30)38(49)34-26(36(27)47)8-7-9-29(34)53-3/h7-13,15,22,28,30,32,39,45,48,52H,4-6,14,16-21H2,1-3H3,(H,43,50)/t22-,28-,30-,32?,39+,42-/m0/s1. The van der Waals surface area contributed by atoms with Gasteiger partial charge in [-0.25, -0.2) is 9.59 Å². The second-order valence-corrected chi connectivity index (χ2v) is 14.9. The lowest BCUT2D eigenvalue weighted by molar-refractivity contribution is -0.246. The average molecular weight is 803 g/mol. The van der Waals surface area contributed by atoms with Gasteiger partial charge >= 0.3 is 12.2 Å². The van der Waals surface area contributed by atoms with Gasteiger partial charge in [-0.3, -0.25) is 24.6 Å². The molecule has 308 valence electrons. The third-order valence-electron chi connectivity index (χ3n) is 11.1. The monoisotopic (exact) mass is 802 g/mol. The van der Waals surface area contributed by atoms with Gasteiger partial charge in [-0.2, -0.15) is 0 Å². The SMILES string of the molecule is CCCCCOC(=O)Nc1ccc(COC(=O)N2CO[C@@H]3[C@H](C)OC(O[C@H]4C[C@](O)(C(=O)CO)Cc5cc6c(c(O)c54)C(=O)c4c(OC)cccc4C6=O)C[C@@H]32)cc1. The highest BCUT2D eigenvalue weighted by atomic mass is 16.7. The predicted molar refractivity (Wildman–Crippen MR) is 203 cm³/mol. The highest BCUT2D eigenvalue weighted by molar-refractivity contribution is 6.30. The van der Waals surface area contributed by atoms with E-state index < -0.39 is 84.6 Å². The first-order valence-electron chi connectivity index (χ1n) is 19.3. The molecule has 7 rings (SSSR count). The first kappa shape index (κ1) is 40.8. The smallest absolute Gasteiger partial charge is 0.412 e. The zero-order chi connectivity index (χ0) is 41.3. The number of rotatable bonds is 12. The molecule has 0 spiro atoms. The summed E-state index contributed by atoms with van der Waals surface area (Å²) in [4.78, 5) is 67.6. The number of hydrogen-bond donors (Lipinski definition) is 4. The summed E-state index contributed by atoms with van der Waals surface area (Å²) in [6.45, 7) is 2.98. The van der Waals surface area contributed by atoms with Crippen LogP contribution in [0.1, 0.15) is 101 Å². The number of ketones is 3. The molecule has 0 saturated carbocycles. The molecule has 58 heavy (non-hydrogen) atoms. The molecule has 2 fully saturated rings. The van der Waals surface area contributed by atoms with E-state index in [2.05, 4.69) is 12.2 Å². The van der Waals surface area contributed by atoms with Crippen LogP contribution < -0.4 is 10.1 Å². The number of aromatic hydroxyl groups is 1. The Morgan fingerprint density at radius 2 is 1.79 bits per heavy atom. The third kappa shape index (κ3) is 7.77. The van der Waals surface area contributed by atoms with Crippen LogP contribution in [0, 0.1) is 0 Å². The van der Waals surface area contributed by atoms with Gasteiger partial charge in [0, 0.05) is 41.6 Å². The maximum atomic E-state index is 14.0. The van der Waals surface area contributed by atoms with Crippen LogP contribution in [0.25, 0.3) is 0 Å². The number of fused-ring (bicyclic) bond motifs is 4. The summed E-state index contributed by atoms with van der Waals surface area (Å²) in [6, 6.07) is 12.1. The van der Waals surface area contributed by atoms with Gasteiger partial charge in [0.15, 0.2) is 17.9 Å². The number of carbonyl (C=O) groups excluding carboxylic acids is 5. The quantitative estimate of drug-likeness (QED) is 0.143. The zero-order valence-corrected chi connectivity index (χ0v) is 32.4. The van der Waals surface area contributed by atoms with E-state index in [0.717, 1.165) is 19.3 Å². The maximum absolute atomic E-state index is 14.0. The summed E-state index contributed by atoms with van der Waals surface area (Å²) in [5.74, 6) is -2.51. The first-order valence-corrected chi connectivity index (χ1v) is 19.3. The fourth-order valence-electron chi connectivity index (χ4n) is 8.19.